The minimum atomic E-state index is -1.45. The Labute approximate surface area is 154 Å². The molecule has 26 heavy (non-hydrogen) atoms. The van der Waals surface area contributed by atoms with Crippen LogP contribution < -0.4 is 15.2 Å². The summed E-state index contributed by atoms with van der Waals surface area (Å²) in [5.41, 5.74) is 0.579. The van der Waals surface area contributed by atoms with Crippen molar-refractivity contribution in [3.63, 3.8) is 0 Å². The van der Waals surface area contributed by atoms with E-state index in [9.17, 15) is 9.59 Å². The molecule has 0 aliphatic carbocycles. The van der Waals surface area contributed by atoms with Gasteiger partial charge in [0.15, 0.2) is 0 Å². The number of amidine groups is 1. The van der Waals surface area contributed by atoms with Gasteiger partial charge in [0.25, 0.3) is 0 Å². The van der Waals surface area contributed by atoms with Crippen molar-refractivity contribution in [3.8, 4) is 5.75 Å². The maximum atomic E-state index is 11.8. The monoisotopic (exact) mass is 372 g/mol. The van der Waals surface area contributed by atoms with Gasteiger partial charge in [-0.2, -0.15) is 0 Å². The first kappa shape index (κ1) is 19.6. The number of ether oxygens (including phenoxy) is 1. The second kappa shape index (κ2) is 8.09. The van der Waals surface area contributed by atoms with Crippen LogP contribution in [0, 0.1) is 0 Å². The molecule has 8 heteroatoms. The van der Waals surface area contributed by atoms with Gasteiger partial charge in [0.2, 0.25) is 5.91 Å². The summed E-state index contributed by atoms with van der Waals surface area (Å²) in [6, 6.07) is 7.50. The Balaban J connectivity index is 2.14. The van der Waals surface area contributed by atoms with Gasteiger partial charge in [-0.25, -0.2) is 14.8 Å². The number of urea groups is 1. The van der Waals surface area contributed by atoms with E-state index in [1.807, 2.05) is 18.2 Å². The molecule has 1 saturated heterocycles. The fourth-order valence-corrected chi connectivity index (χ4v) is 3.52. The smallest absolute Gasteiger partial charge is 0.328 e. The predicted molar refractivity (Wildman–Crippen MR) is 106 cm³/mol. The molecule has 0 radical (unpaired) electrons. The van der Waals surface area contributed by atoms with Gasteiger partial charge in [0.1, 0.15) is 5.75 Å². The highest BCUT2D eigenvalue weighted by molar-refractivity contribution is 6.88. The summed E-state index contributed by atoms with van der Waals surface area (Å²) >= 11 is 0. The lowest BCUT2D eigenvalue weighted by Gasteiger charge is -2.26. The third-order valence-electron chi connectivity index (χ3n) is 3.89. The number of hydrogen-bond acceptors (Lipinski definition) is 4. The molecular weight excluding hydrogens is 348 g/mol. The van der Waals surface area contributed by atoms with Crippen LogP contribution in [0.5, 0.6) is 5.75 Å². The second-order valence-corrected chi connectivity index (χ2v) is 12.1. The van der Waals surface area contributed by atoms with Crippen LogP contribution in [0.4, 0.5) is 4.79 Å². The number of carbonyl (C=O) groups is 2. The number of nitrogens with one attached hydrogen (secondary N) is 1. The Morgan fingerprint density at radius 2 is 2.08 bits per heavy atom. The Kier molecular flexibility index (Phi) is 6.09. The van der Waals surface area contributed by atoms with Gasteiger partial charge < -0.3 is 4.74 Å². The van der Waals surface area contributed by atoms with Crippen molar-refractivity contribution in [3.05, 3.63) is 36.2 Å². The number of rotatable bonds is 4. The van der Waals surface area contributed by atoms with E-state index >= 15 is 0 Å². The lowest BCUT2D eigenvalue weighted by Crippen LogP contribution is -2.48. The van der Waals surface area contributed by atoms with Crippen molar-refractivity contribution in [1.29, 1.82) is 0 Å². The van der Waals surface area contributed by atoms with Crippen LogP contribution >= 0.6 is 0 Å². The summed E-state index contributed by atoms with van der Waals surface area (Å²) in [4.78, 5) is 32.4. The SMILES string of the molecule is C=N/C(=N\C=C(/C)N1CCC(=O)NC1=O)Oc1cccc([Si](C)(C)C)c1. The molecule has 0 atom stereocenters. The number of aliphatic imine (C=N–C) groups is 2. The van der Waals surface area contributed by atoms with Crippen LogP contribution in [0.1, 0.15) is 13.3 Å². The van der Waals surface area contributed by atoms with Crippen LogP contribution in [0.2, 0.25) is 19.6 Å². The Morgan fingerprint density at radius 3 is 2.69 bits per heavy atom. The molecule has 1 N–H and O–H groups in total. The molecule has 0 aromatic heterocycles. The highest BCUT2D eigenvalue weighted by Gasteiger charge is 2.23. The van der Waals surface area contributed by atoms with Gasteiger partial charge in [-0.05, 0) is 25.8 Å². The zero-order chi connectivity index (χ0) is 19.3. The zero-order valence-electron chi connectivity index (χ0n) is 15.6. The van der Waals surface area contributed by atoms with E-state index in [-0.39, 0.29) is 18.3 Å². The van der Waals surface area contributed by atoms with Crippen molar-refractivity contribution in [1.82, 2.24) is 10.2 Å². The molecule has 1 aliphatic rings. The zero-order valence-corrected chi connectivity index (χ0v) is 16.6. The highest BCUT2D eigenvalue weighted by Crippen LogP contribution is 2.13. The number of hydrogen-bond donors (Lipinski definition) is 1. The van der Waals surface area contributed by atoms with Crippen LogP contribution in [0.3, 0.4) is 0 Å². The summed E-state index contributed by atoms with van der Waals surface area (Å²) in [6.07, 6.45) is 1.73. The summed E-state index contributed by atoms with van der Waals surface area (Å²) in [6.45, 7) is 12.3. The standard InChI is InChI=1S/C18H24N4O3Si/c1-13(22-10-9-16(23)21-18(22)24)12-20-17(19-2)25-14-7-6-8-15(11-14)26(3,4)5/h6-8,11-12H,2,9-10H2,1,3-5H3,(H,21,23,24)/b13-12+,20-17+. The Morgan fingerprint density at radius 1 is 1.35 bits per heavy atom. The Bertz CT molecular complexity index is 781. The van der Waals surface area contributed by atoms with E-state index in [0.29, 0.717) is 18.0 Å². The fraction of sp³-hybridized carbons (Fsp3) is 0.333. The predicted octanol–water partition coefficient (Wildman–Crippen LogP) is 2.47. The normalized spacial score (nSPS) is 16.4. The largest absolute Gasteiger partial charge is 0.424 e. The van der Waals surface area contributed by atoms with Crippen LogP contribution in [-0.4, -0.2) is 44.2 Å². The van der Waals surface area contributed by atoms with Crippen LogP contribution in [-0.2, 0) is 4.79 Å². The molecule has 0 saturated carbocycles. The molecule has 2 rings (SSSR count). The number of carbonyl (C=O) groups excluding carboxylic acids is 2. The van der Waals surface area contributed by atoms with Gasteiger partial charge in [0.05, 0.1) is 14.3 Å². The fourth-order valence-electron chi connectivity index (χ4n) is 2.35. The summed E-state index contributed by atoms with van der Waals surface area (Å²) in [5.74, 6) is 0.366. The van der Waals surface area contributed by atoms with Crippen molar-refractivity contribution in [2.45, 2.75) is 33.0 Å². The average molecular weight is 373 g/mol. The van der Waals surface area contributed by atoms with Crippen molar-refractivity contribution < 1.29 is 14.3 Å². The lowest BCUT2D eigenvalue weighted by molar-refractivity contribution is -0.121. The summed E-state index contributed by atoms with van der Waals surface area (Å²) in [5, 5.41) is 3.53. The molecule has 3 amide bonds. The van der Waals surface area contributed by atoms with Gasteiger partial charge >= 0.3 is 12.1 Å². The quantitative estimate of drug-likeness (QED) is 0.501. The van der Waals surface area contributed by atoms with Crippen LogP contribution in [0.15, 0.2) is 46.1 Å². The van der Waals surface area contributed by atoms with Crippen molar-refractivity contribution >= 4 is 37.9 Å². The first-order chi connectivity index (χ1) is 12.2. The minimum absolute atomic E-state index is 0.0885. The first-order valence-electron chi connectivity index (χ1n) is 8.32. The van der Waals surface area contributed by atoms with Gasteiger partial charge in [-0.1, -0.05) is 37.0 Å². The third kappa shape index (κ3) is 5.12. The first-order valence-corrected chi connectivity index (χ1v) is 11.8. The van der Waals surface area contributed by atoms with Crippen molar-refractivity contribution in [2.24, 2.45) is 9.98 Å². The molecule has 1 aromatic rings. The number of nitrogens with zero attached hydrogens (tertiary/aromatic N) is 3. The van der Waals surface area contributed by atoms with Gasteiger partial charge in [-0.3, -0.25) is 15.0 Å². The maximum absolute atomic E-state index is 11.8. The van der Waals surface area contributed by atoms with E-state index in [1.54, 1.807) is 6.92 Å². The number of benzene rings is 1. The van der Waals surface area contributed by atoms with Gasteiger partial charge in [-0.15, -0.1) is 0 Å². The molecule has 1 heterocycles. The molecule has 0 unspecified atom stereocenters. The molecule has 138 valence electrons. The van der Waals surface area contributed by atoms with Crippen molar-refractivity contribution in [2.75, 3.05) is 6.54 Å². The average Bonchev–Trinajstić information content (AvgIpc) is 2.57. The molecule has 0 spiro atoms. The number of amides is 3. The molecule has 1 aromatic carbocycles. The maximum Gasteiger partial charge on any atom is 0.328 e. The van der Waals surface area contributed by atoms with E-state index < -0.39 is 14.1 Å². The molecule has 0 bridgehead atoms. The summed E-state index contributed by atoms with van der Waals surface area (Å²) in [7, 11) is -1.45. The molecule has 1 fully saturated rings. The second-order valence-electron chi connectivity index (χ2n) is 6.98. The third-order valence-corrected chi connectivity index (χ3v) is 5.93. The highest BCUT2D eigenvalue weighted by atomic mass is 28.3. The minimum Gasteiger partial charge on any atom is -0.424 e. The molecular formula is C18H24N4O3Si. The van der Waals surface area contributed by atoms with Gasteiger partial charge in [0, 0.05) is 18.7 Å². The number of allylic oxidation sites excluding steroid dienone is 1. The van der Waals surface area contributed by atoms with E-state index in [2.05, 4.69) is 47.7 Å². The molecule has 7 nitrogen and oxygen atoms in total. The summed E-state index contributed by atoms with van der Waals surface area (Å²) < 4.78 is 5.71. The number of imide groups is 1. The topological polar surface area (TPSA) is 83.4 Å². The lowest BCUT2D eigenvalue weighted by atomic mass is 10.3. The van der Waals surface area contributed by atoms with E-state index in [1.165, 1.54) is 16.3 Å². The molecule has 1 aliphatic heterocycles. The van der Waals surface area contributed by atoms with E-state index in [4.69, 9.17) is 4.74 Å². The van der Waals surface area contributed by atoms with E-state index in [0.717, 1.165) is 0 Å². The van der Waals surface area contributed by atoms with Crippen LogP contribution in [0.25, 0.3) is 0 Å². The Hall–Kier alpha value is -2.74.